The van der Waals surface area contributed by atoms with E-state index in [4.69, 9.17) is 5.73 Å². The molecule has 1 unspecified atom stereocenters. The van der Waals surface area contributed by atoms with Crippen LogP contribution >= 0.6 is 0 Å². The number of hydrogen-bond donors (Lipinski definition) is 1. The molecule has 0 aromatic carbocycles. The Balaban J connectivity index is 2.56. The first-order chi connectivity index (χ1) is 4.10. The standard InChI is InChI=1S/C7H12FN/c1-7(9)4-2-6(8)3-5-7/h2H,3-5,9H2,1H3. The van der Waals surface area contributed by atoms with Crippen molar-refractivity contribution in [2.24, 2.45) is 5.73 Å². The van der Waals surface area contributed by atoms with E-state index in [1.54, 1.807) is 6.08 Å². The Hall–Kier alpha value is -0.370. The molecular weight excluding hydrogens is 117 g/mol. The molecule has 0 aromatic rings. The highest BCUT2D eigenvalue weighted by Gasteiger charge is 2.21. The van der Waals surface area contributed by atoms with Crippen LogP contribution in [0.1, 0.15) is 26.2 Å². The molecule has 2 N–H and O–H groups in total. The van der Waals surface area contributed by atoms with Gasteiger partial charge in [0.1, 0.15) is 0 Å². The monoisotopic (exact) mass is 129 g/mol. The fraction of sp³-hybridized carbons (Fsp3) is 0.714. The summed E-state index contributed by atoms with van der Waals surface area (Å²) in [5.74, 6) is -0.00192. The lowest BCUT2D eigenvalue weighted by molar-refractivity contribution is 0.386. The van der Waals surface area contributed by atoms with Crippen LogP contribution in [0.2, 0.25) is 0 Å². The van der Waals surface area contributed by atoms with Crippen LogP contribution in [0.4, 0.5) is 4.39 Å². The highest BCUT2D eigenvalue weighted by Crippen LogP contribution is 2.24. The normalized spacial score (nSPS) is 36.1. The van der Waals surface area contributed by atoms with E-state index in [0.717, 1.165) is 6.42 Å². The van der Waals surface area contributed by atoms with Gasteiger partial charge in [0.05, 0.1) is 5.83 Å². The lowest BCUT2D eigenvalue weighted by atomic mass is 9.88. The average Bonchev–Trinajstić information content (AvgIpc) is 1.78. The summed E-state index contributed by atoms with van der Waals surface area (Å²) >= 11 is 0. The zero-order chi connectivity index (χ0) is 6.91. The summed E-state index contributed by atoms with van der Waals surface area (Å²) in [7, 11) is 0. The Labute approximate surface area is 54.7 Å². The van der Waals surface area contributed by atoms with Gasteiger partial charge < -0.3 is 5.73 Å². The third-order valence-corrected chi connectivity index (χ3v) is 1.72. The van der Waals surface area contributed by atoms with Gasteiger partial charge in [-0.3, -0.25) is 0 Å². The molecule has 1 atom stereocenters. The van der Waals surface area contributed by atoms with Crippen molar-refractivity contribution >= 4 is 0 Å². The summed E-state index contributed by atoms with van der Waals surface area (Å²) in [5.41, 5.74) is 5.57. The maximum atomic E-state index is 12.3. The summed E-state index contributed by atoms with van der Waals surface area (Å²) in [6.07, 6.45) is 3.56. The average molecular weight is 129 g/mol. The minimum Gasteiger partial charge on any atom is -0.325 e. The Morgan fingerprint density at radius 3 is 2.78 bits per heavy atom. The maximum Gasteiger partial charge on any atom is 0.0961 e. The fourth-order valence-corrected chi connectivity index (χ4v) is 0.953. The third kappa shape index (κ3) is 1.79. The van der Waals surface area contributed by atoms with Gasteiger partial charge in [0.2, 0.25) is 0 Å². The van der Waals surface area contributed by atoms with Crippen molar-refractivity contribution in [1.82, 2.24) is 0 Å². The van der Waals surface area contributed by atoms with E-state index in [9.17, 15) is 4.39 Å². The smallest absolute Gasteiger partial charge is 0.0961 e. The van der Waals surface area contributed by atoms with Gasteiger partial charge in [-0.15, -0.1) is 0 Å². The second-order valence-corrected chi connectivity index (χ2v) is 3.01. The second kappa shape index (κ2) is 2.10. The molecule has 52 valence electrons. The molecule has 0 spiro atoms. The van der Waals surface area contributed by atoms with Crippen molar-refractivity contribution in [3.63, 3.8) is 0 Å². The van der Waals surface area contributed by atoms with Crippen LogP contribution in [0.3, 0.4) is 0 Å². The molecule has 0 saturated heterocycles. The molecule has 9 heavy (non-hydrogen) atoms. The van der Waals surface area contributed by atoms with Gasteiger partial charge in [0.25, 0.3) is 0 Å². The molecule has 1 aliphatic rings. The zero-order valence-electron chi connectivity index (χ0n) is 5.65. The van der Waals surface area contributed by atoms with Crippen molar-refractivity contribution in [2.45, 2.75) is 31.7 Å². The van der Waals surface area contributed by atoms with Crippen LogP contribution < -0.4 is 5.73 Å². The summed E-state index contributed by atoms with van der Waals surface area (Å²) in [4.78, 5) is 0. The van der Waals surface area contributed by atoms with Crippen LogP contribution in [0.25, 0.3) is 0 Å². The Bertz CT molecular complexity index is 138. The van der Waals surface area contributed by atoms with E-state index >= 15 is 0 Å². The molecule has 1 aliphatic carbocycles. The van der Waals surface area contributed by atoms with Crippen molar-refractivity contribution in [3.8, 4) is 0 Å². The van der Waals surface area contributed by atoms with Crippen LogP contribution in [-0.4, -0.2) is 5.54 Å². The Kier molecular flexibility index (Phi) is 1.58. The molecule has 0 saturated carbocycles. The lowest BCUT2D eigenvalue weighted by Gasteiger charge is -2.25. The molecule has 0 fully saturated rings. The van der Waals surface area contributed by atoms with Gasteiger partial charge >= 0.3 is 0 Å². The van der Waals surface area contributed by atoms with Crippen LogP contribution in [-0.2, 0) is 0 Å². The minimum atomic E-state index is -0.157. The minimum absolute atomic E-state index is 0.00192. The fourth-order valence-electron chi connectivity index (χ4n) is 0.953. The molecule has 2 heteroatoms. The molecule has 0 aromatic heterocycles. The van der Waals surface area contributed by atoms with Gasteiger partial charge in [-0.2, -0.15) is 0 Å². The van der Waals surface area contributed by atoms with E-state index in [0.29, 0.717) is 12.8 Å². The molecule has 1 rings (SSSR count). The second-order valence-electron chi connectivity index (χ2n) is 3.01. The van der Waals surface area contributed by atoms with Crippen molar-refractivity contribution in [2.75, 3.05) is 0 Å². The first kappa shape index (κ1) is 6.75. The molecule has 0 heterocycles. The van der Waals surface area contributed by atoms with E-state index in [-0.39, 0.29) is 11.4 Å². The molecule has 0 aliphatic heterocycles. The first-order valence-electron chi connectivity index (χ1n) is 3.24. The molecule has 0 radical (unpaired) electrons. The van der Waals surface area contributed by atoms with Crippen molar-refractivity contribution < 1.29 is 4.39 Å². The summed E-state index contributed by atoms with van der Waals surface area (Å²) in [6, 6.07) is 0. The predicted octanol–water partition coefficient (Wildman–Crippen LogP) is 1.74. The highest BCUT2D eigenvalue weighted by atomic mass is 19.1. The lowest BCUT2D eigenvalue weighted by Crippen LogP contribution is -2.36. The van der Waals surface area contributed by atoms with Gasteiger partial charge in [-0.05, 0) is 19.8 Å². The van der Waals surface area contributed by atoms with E-state index in [1.807, 2.05) is 6.92 Å². The number of rotatable bonds is 0. The highest BCUT2D eigenvalue weighted by molar-refractivity contribution is 5.04. The Morgan fingerprint density at radius 1 is 1.78 bits per heavy atom. The SMILES string of the molecule is CC1(N)CC=C(F)CC1. The number of allylic oxidation sites excluding steroid dienone is 1. The van der Waals surface area contributed by atoms with Crippen LogP contribution in [0, 0.1) is 0 Å². The Morgan fingerprint density at radius 2 is 2.44 bits per heavy atom. The maximum absolute atomic E-state index is 12.3. The van der Waals surface area contributed by atoms with Gasteiger partial charge in [-0.1, -0.05) is 6.08 Å². The summed E-state index contributed by atoms with van der Waals surface area (Å²) in [5, 5.41) is 0. The largest absolute Gasteiger partial charge is 0.325 e. The number of halogens is 1. The quantitative estimate of drug-likeness (QED) is 0.529. The first-order valence-corrected chi connectivity index (χ1v) is 3.24. The molecule has 0 amide bonds. The van der Waals surface area contributed by atoms with Crippen LogP contribution in [0.15, 0.2) is 11.9 Å². The van der Waals surface area contributed by atoms with Gasteiger partial charge in [0, 0.05) is 12.0 Å². The topological polar surface area (TPSA) is 26.0 Å². The number of hydrogen-bond acceptors (Lipinski definition) is 1. The van der Waals surface area contributed by atoms with E-state index < -0.39 is 0 Å². The molecule has 0 bridgehead atoms. The predicted molar refractivity (Wildman–Crippen MR) is 35.6 cm³/mol. The van der Waals surface area contributed by atoms with Gasteiger partial charge in [0.15, 0.2) is 0 Å². The van der Waals surface area contributed by atoms with Gasteiger partial charge in [-0.25, -0.2) is 4.39 Å². The van der Waals surface area contributed by atoms with Crippen molar-refractivity contribution in [1.29, 1.82) is 0 Å². The van der Waals surface area contributed by atoms with Crippen LogP contribution in [0.5, 0.6) is 0 Å². The summed E-state index contributed by atoms with van der Waals surface area (Å²) in [6.45, 7) is 1.95. The third-order valence-electron chi connectivity index (χ3n) is 1.72. The number of nitrogens with two attached hydrogens (primary N) is 1. The van der Waals surface area contributed by atoms with Crippen molar-refractivity contribution in [3.05, 3.63) is 11.9 Å². The summed E-state index contributed by atoms with van der Waals surface area (Å²) < 4.78 is 12.3. The zero-order valence-corrected chi connectivity index (χ0v) is 5.65. The van der Waals surface area contributed by atoms with E-state index in [1.165, 1.54) is 0 Å². The molecule has 1 nitrogen and oxygen atoms in total. The molecular formula is C7H12FN. The van der Waals surface area contributed by atoms with E-state index in [2.05, 4.69) is 0 Å².